The molecule has 15 heavy (non-hydrogen) atoms. The molecule has 4 nitrogen and oxygen atoms in total. The van der Waals surface area contributed by atoms with Gasteiger partial charge in [-0.1, -0.05) is 0 Å². The van der Waals surface area contributed by atoms with Crippen LogP contribution in [0.15, 0.2) is 27.8 Å². The Morgan fingerprint density at radius 1 is 1.40 bits per heavy atom. The van der Waals surface area contributed by atoms with Crippen LogP contribution in [0.4, 0.5) is 0 Å². The average Bonchev–Trinajstić information content (AvgIpc) is 2.74. The lowest BCUT2D eigenvalue weighted by Crippen LogP contribution is -2.07. The summed E-state index contributed by atoms with van der Waals surface area (Å²) < 4.78 is 5.77. The fourth-order valence-electron chi connectivity index (χ4n) is 1.39. The highest BCUT2D eigenvalue weighted by Gasteiger charge is 2.06. The zero-order chi connectivity index (χ0) is 10.8. The first-order valence-electron chi connectivity index (χ1n) is 4.58. The average molecular weight is 334 g/mol. The number of rotatable bonds is 3. The summed E-state index contributed by atoms with van der Waals surface area (Å²) >= 11 is 6.79. The molecule has 0 radical (unpaired) electrons. The van der Waals surface area contributed by atoms with Crippen molar-refractivity contribution in [3.05, 3.63) is 33.5 Å². The smallest absolute Gasteiger partial charge is 0.129 e. The van der Waals surface area contributed by atoms with E-state index < -0.39 is 0 Å². The van der Waals surface area contributed by atoms with E-state index in [4.69, 9.17) is 0 Å². The maximum atomic E-state index is 4.31. The van der Waals surface area contributed by atoms with E-state index in [-0.39, 0.29) is 0 Å². The van der Waals surface area contributed by atoms with Crippen LogP contribution in [0.5, 0.6) is 0 Å². The van der Waals surface area contributed by atoms with Gasteiger partial charge < -0.3 is 4.57 Å². The Labute approximate surface area is 105 Å². The lowest BCUT2D eigenvalue weighted by molar-refractivity contribution is 0.611. The lowest BCUT2D eigenvalue weighted by Gasteiger charge is -2.05. The van der Waals surface area contributed by atoms with Crippen molar-refractivity contribution in [2.45, 2.75) is 20.0 Å². The van der Waals surface area contributed by atoms with Crippen molar-refractivity contribution in [1.82, 2.24) is 19.3 Å². The highest BCUT2D eigenvalue weighted by molar-refractivity contribution is 9.11. The number of aromatic nitrogens is 4. The summed E-state index contributed by atoms with van der Waals surface area (Å²) in [5.41, 5.74) is 1.15. The van der Waals surface area contributed by atoms with E-state index >= 15 is 0 Å². The predicted molar refractivity (Wildman–Crippen MR) is 64.6 cm³/mol. The van der Waals surface area contributed by atoms with Crippen LogP contribution in [-0.2, 0) is 13.1 Å². The lowest BCUT2D eigenvalue weighted by atomic mass is 10.4. The normalized spacial score (nSPS) is 10.9. The Morgan fingerprint density at radius 3 is 2.80 bits per heavy atom. The Bertz CT molecular complexity index is 460. The molecule has 0 aliphatic rings. The first-order chi connectivity index (χ1) is 7.20. The first kappa shape index (κ1) is 10.9. The molecule has 0 amide bonds. The minimum Gasteiger partial charge on any atom is -0.333 e. The van der Waals surface area contributed by atoms with Gasteiger partial charge in [-0.3, -0.25) is 4.68 Å². The molecule has 2 aromatic rings. The molecule has 0 bridgehead atoms. The number of hydrogen-bond donors (Lipinski definition) is 0. The molecule has 0 saturated heterocycles. The molecule has 0 aliphatic carbocycles. The number of nitrogens with zero attached hydrogens (tertiary/aromatic N) is 4. The number of halogens is 2. The molecule has 0 spiro atoms. The monoisotopic (exact) mass is 332 g/mol. The second-order valence-corrected chi connectivity index (χ2v) is 4.74. The summed E-state index contributed by atoms with van der Waals surface area (Å²) in [4.78, 5) is 4.12. The van der Waals surface area contributed by atoms with Gasteiger partial charge in [0.05, 0.1) is 24.8 Å². The van der Waals surface area contributed by atoms with E-state index in [1.54, 1.807) is 0 Å². The van der Waals surface area contributed by atoms with Crippen LogP contribution in [-0.4, -0.2) is 19.3 Å². The SMILES string of the molecule is CCn1cncc1Cn1nc(Br)cc1Br. The topological polar surface area (TPSA) is 35.6 Å². The highest BCUT2D eigenvalue weighted by atomic mass is 79.9. The van der Waals surface area contributed by atoms with Crippen molar-refractivity contribution in [2.75, 3.05) is 0 Å². The maximum absolute atomic E-state index is 4.31. The van der Waals surface area contributed by atoms with Gasteiger partial charge in [-0.25, -0.2) is 4.98 Å². The summed E-state index contributed by atoms with van der Waals surface area (Å²) in [6.07, 6.45) is 3.70. The molecule has 2 heterocycles. The van der Waals surface area contributed by atoms with Gasteiger partial charge >= 0.3 is 0 Å². The molecule has 2 rings (SSSR count). The van der Waals surface area contributed by atoms with E-state index in [2.05, 4.69) is 53.4 Å². The molecule has 0 N–H and O–H groups in total. The summed E-state index contributed by atoms with van der Waals surface area (Å²) in [5, 5.41) is 4.31. The Morgan fingerprint density at radius 2 is 2.20 bits per heavy atom. The number of hydrogen-bond acceptors (Lipinski definition) is 2. The first-order valence-corrected chi connectivity index (χ1v) is 6.17. The van der Waals surface area contributed by atoms with Gasteiger partial charge in [-0.15, -0.1) is 0 Å². The van der Waals surface area contributed by atoms with Crippen molar-refractivity contribution in [1.29, 1.82) is 0 Å². The molecule has 0 saturated carbocycles. The fraction of sp³-hybridized carbons (Fsp3) is 0.333. The molecular weight excluding hydrogens is 324 g/mol. The standard InChI is InChI=1S/C9H10Br2N4/c1-2-14-6-12-4-7(14)5-15-9(11)3-8(10)13-15/h3-4,6H,2,5H2,1H3. The van der Waals surface area contributed by atoms with Gasteiger partial charge in [0.2, 0.25) is 0 Å². The van der Waals surface area contributed by atoms with Crippen LogP contribution >= 0.6 is 31.9 Å². The van der Waals surface area contributed by atoms with E-state index in [0.717, 1.165) is 28.0 Å². The zero-order valence-electron chi connectivity index (χ0n) is 8.19. The minimum absolute atomic E-state index is 0.722. The van der Waals surface area contributed by atoms with E-state index in [0.29, 0.717) is 0 Å². The third kappa shape index (κ3) is 2.31. The Balaban J connectivity index is 2.25. The molecule has 0 unspecified atom stereocenters. The highest BCUT2D eigenvalue weighted by Crippen LogP contribution is 2.17. The van der Waals surface area contributed by atoms with Crippen LogP contribution in [0.25, 0.3) is 0 Å². The molecule has 0 fully saturated rings. The Hall–Kier alpha value is -0.620. The van der Waals surface area contributed by atoms with Crippen molar-refractivity contribution in [3.63, 3.8) is 0 Å². The summed E-state index contributed by atoms with van der Waals surface area (Å²) in [6, 6.07) is 1.92. The number of aryl methyl sites for hydroxylation is 1. The molecule has 0 aromatic carbocycles. The molecule has 80 valence electrons. The summed E-state index contributed by atoms with van der Waals surface area (Å²) in [6.45, 7) is 3.74. The second-order valence-electron chi connectivity index (χ2n) is 3.12. The summed E-state index contributed by atoms with van der Waals surface area (Å²) in [7, 11) is 0. The van der Waals surface area contributed by atoms with Crippen LogP contribution in [0.2, 0.25) is 0 Å². The second kappa shape index (κ2) is 4.49. The van der Waals surface area contributed by atoms with E-state index in [1.165, 1.54) is 0 Å². The van der Waals surface area contributed by atoms with Gasteiger partial charge in [-0.05, 0) is 38.8 Å². The quantitative estimate of drug-likeness (QED) is 0.865. The van der Waals surface area contributed by atoms with Gasteiger partial charge in [0.25, 0.3) is 0 Å². The molecule has 2 aromatic heterocycles. The maximum Gasteiger partial charge on any atom is 0.129 e. The van der Waals surface area contributed by atoms with Gasteiger partial charge in [0, 0.05) is 12.6 Å². The molecule has 0 aliphatic heterocycles. The van der Waals surface area contributed by atoms with Gasteiger partial charge in [0.1, 0.15) is 9.21 Å². The summed E-state index contributed by atoms with van der Waals surface area (Å²) in [5.74, 6) is 0. The van der Waals surface area contributed by atoms with Crippen molar-refractivity contribution in [2.24, 2.45) is 0 Å². The third-order valence-corrected chi connectivity index (χ3v) is 3.18. The minimum atomic E-state index is 0.722. The van der Waals surface area contributed by atoms with Gasteiger partial charge in [-0.2, -0.15) is 5.10 Å². The molecule has 0 atom stereocenters. The predicted octanol–water partition coefficient (Wildman–Crippen LogP) is 2.67. The van der Waals surface area contributed by atoms with Crippen LogP contribution in [0.3, 0.4) is 0 Å². The van der Waals surface area contributed by atoms with Crippen LogP contribution in [0.1, 0.15) is 12.6 Å². The van der Waals surface area contributed by atoms with Crippen molar-refractivity contribution < 1.29 is 0 Å². The largest absolute Gasteiger partial charge is 0.333 e. The van der Waals surface area contributed by atoms with E-state index in [1.807, 2.05) is 23.3 Å². The fourth-order valence-corrected chi connectivity index (χ4v) is 2.53. The Kier molecular flexibility index (Phi) is 3.25. The number of imidazole rings is 1. The zero-order valence-corrected chi connectivity index (χ0v) is 11.4. The van der Waals surface area contributed by atoms with Crippen molar-refractivity contribution >= 4 is 31.9 Å². The van der Waals surface area contributed by atoms with Crippen LogP contribution in [0, 0.1) is 0 Å². The van der Waals surface area contributed by atoms with Gasteiger partial charge in [0.15, 0.2) is 0 Å². The van der Waals surface area contributed by atoms with Crippen LogP contribution < -0.4 is 0 Å². The molecule has 6 heteroatoms. The van der Waals surface area contributed by atoms with Crippen molar-refractivity contribution in [3.8, 4) is 0 Å². The van der Waals surface area contributed by atoms with E-state index in [9.17, 15) is 0 Å². The third-order valence-electron chi connectivity index (χ3n) is 2.15. The molecular formula is C9H10Br2N4.